The number of ether oxygens (including phenoxy) is 2. The molecule has 1 spiro atoms. The summed E-state index contributed by atoms with van der Waals surface area (Å²) in [5.41, 5.74) is 0.219. The molecule has 0 aromatic carbocycles. The summed E-state index contributed by atoms with van der Waals surface area (Å²) in [6, 6.07) is 0. The molecule has 1 atom stereocenters. The lowest BCUT2D eigenvalue weighted by Crippen LogP contribution is -2.29. The molecule has 3 heteroatoms. The van der Waals surface area contributed by atoms with Crippen LogP contribution >= 0.6 is 0 Å². The van der Waals surface area contributed by atoms with Gasteiger partial charge in [-0.2, -0.15) is 0 Å². The first-order chi connectivity index (χ1) is 8.76. The van der Waals surface area contributed by atoms with E-state index in [4.69, 9.17) is 9.47 Å². The van der Waals surface area contributed by atoms with E-state index in [1.165, 1.54) is 32.1 Å². The molecule has 1 unspecified atom stereocenters. The molecular weight excluding hydrogens is 228 g/mol. The minimum absolute atomic E-state index is 0.219. The second kappa shape index (κ2) is 5.30. The van der Waals surface area contributed by atoms with Crippen LogP contribution in [0.25, 0.3) is 0 Å². The smallest absolute Gasteiger partial charge is 0.133 e. The molecule has 0 amide bonds. The van der Waals surface area contributed by atoms with Gasteiger partial charge in [-0.1, -0.05) is 12.8 Å². The van der Waals surface area contributed by atoms with Crippen molar-refractivity contribution in [1.82, 2.24) is 0 Å². The fraction of sp³-hybridized carbons (Fsp3) is 0.933. The number of Topliss-reactive ketones (excluding diaryl/α,β-unsaturated/α-hetero) is 1. The van der Waals surface area contributed by atoms with Gasteiger partial charge in [0.25, 0.3) is 0 Å². The lowest BCUT2D eigenvalue weighted by molar-refractivity contribution is -0.124. The summed E-state index contributed by atoms with van der Waals surface area (Å²) in [4.78, 5) is 11.2. The lowest BCUT2D eigenvalue weighted by atomic mass is 9.96. The third-order valence-corrected chi connectivity index (χ3v) is 4.86. The van der Waals surface area contributed by atoms with Crippen molar-refractivity contribution >= 4 is 5.78 Å². The monoisotopic (exact) mass is 252 g/mol. The van der Waals surface area contributed by atoms with E-state index in [0.717, 1.165) is 25.9 Å². The lowest BCUT2D eigenvalue weighted by Gasteiger charge is -2.26. The highest BCUT2D eigenvalue weighted by Crippen LogP contribution is 2.43. The van der Waals surface area contributed by atoms with Gasteiger partial charge in [0.1, 0.15) is 5.78 Å². The largest absolute Gasteiger partial charge is 0.376 e. The van der Waals surface area contributed by atoms with Crippen molar-refractivity contribution in [3.8, 4) is 0 Å². The van der Waals surface area contributed by atoms with Crippen LogP contribution in [0.1, 0.15) is 64.2 Å². The average molecular weight is 252 g/mol. The van der Waals surface area contributed by atoms with Gasteiger partial charge in [0.15, 0.2) is 0 Å². The Hall–Kier alpha value is -0.410. The molecule has 0 N–H and O–H groups in total. The number of hydrogen-bond acceptors (Lipinski definition) is 3. The molecule has 0 bridgehead atoms. The van der Waals surface area contributed by atoms with Gasteiger partial charge in [-0.05, 0) is 38.5 Å². The Kier molecular flexibility index (Phi) is 3.71. The third kappa shape index (κ3) is 2.77. The van der Waals surface area contributed by atoms with Crippen molar-refractivity contribution in [2.75, 3.05) is 6.61 Å². The maximum absolute atomic E-state index is 11.2. The van der Waals surface area contributed by atoms with Crippen LogP contribution in [0.5, 0.6) is 0 Å². The first-order valence-electron chi connectivity index (χ1n) is 7.57. The van der Waals surface area contributed by atoms with Gasteiger partial charge in [-0.3, -0.25) is 4.79 Å². The summed E-state index contributed by atoms with van der Waals surface area (Å²) < 4.78 is 12.2. The first kappa shape index (κ1) is 12.6. The molecule has 102 valence electrons. The Bertz CT molecular complexity index is 297. The Morgan fingerprint density at radius 2 is 1.83 bits per heavy atom. The van der Waals surface area contributed by atoms with Crippen molar-refractivity contribution in [3.63, 3.8) is 0 Å². The molecule has 0 aromatic rings. The fourth-order valence-corrected chi connectivity index (χ4v) is 3.72. The maximum atomic E-state index is 11.2. The van der Waals surface area contributed by atoms with Crippen molar-refractivity contribution in [2.45, 2.75) is 82.0 Å². The zero-order chi connectivity index (χ0) is 12.4. The summed E-state index contributed by atoms with van der Waals surface area (Å²) in [5.74, 6) is 0.400. The highest BCUT2D eigenvalue weighted by molar-refractivity contribution is 5.79. The van der Waals surface area contributed by atoms with Crippen LogP contribution in [0, 0.1) is 0 Å². The van der Waals surface area contributed by atoms with E-state index < -0.39 is 0 Å². The van der Waals surface area contributed by atoms with Gasteiger partial charge in [0.05, 0.1) is 24.4 Å². The second-order valence-electron chi connectivity index (χ2n) is 6.24. The summed E-state index contributed by atoms with van der Waals surface area (Å²) in [5, 5.41) is 0. The van der Waals surface area contributed by atoms with Crippen LogP contribution in [-0.4, -0.2) is 30.2 Å². The molecule has 2 saturated carbocycles. The second-order valence-corrected chi connectivity index (χ2v) is 6.24. The van der Waals surface area contributed by atoms with Crippen LogP contribution in [-0.2, 0) is 14.3 Å². The highest BCUT2D eigenvalue weighted by atomic mass is 16.6. The van der Waals surface area contributed by atoms with E-state index >= 15 is 0 Å². The Morgan fingerprint density at radius 3 is 2.56 bits per heavy atom. The number of carbonyl (C=O) groups is 1. The number of carbonyl (C=O) groups excluding carboxylic acids is 1. The van der Waals surface area contributed by atoms with Gasteiger partial charge in [0.2, 0.25) is 0 Å². The van der Waals surface area contributed by atoms with Crippen LogP contribution in [0.15, 0.2) is 0 Å². The fourth-order valence-electron chi connectivity index (χ4n) is 3.72. The molecule has 0 radical (unpaired) electrons. The standard InChI is InChI=1S/C15H24O3/c16-12-3-5-13(6-4-12)17-11-14-7-10-15(18-14)8-1-2-9-15/h13-14H,1-11H2. The molecule has 3 rings (SSSR count). The van der Waals surface area contributed by atoms with Crippen molar-refractivity contribution < 1.29 is 14.3 Å². The van der Waals surface area contributed by atoms with Crippen LogP contribution in [0.3, 0.4) is 0 Å². The van der Waals surface area contributed by atoms with Gasteiger partial charge in [0, 0.05) is 12.8 Å². The number of hydrogen-bond donors (Lipinski definition) is 0. The zero-order valence-electron chi connectivity index (χ0n) is 11.2. The normalized spacial score (nSPS) is 32.4. The summed E-state index contributed by atoms with van der Waals surface area (Å²) >= 11 is 0. The van der Waals surface area contributed by atoms with Crippen LogP contribution in [0.4, 0.5) is 0 Å². The van der Waals surface area contributed by atoms with E-state index in [2.05, 4.69) is 0 Å². The molecule has 3 aliphatic rings. The summed E-state index contributed by atoms with van der Waals surface area (Å²) in [7, 11) is 0. The van der Waals surface area contributed by atoms with Gasteiger partial charge in [-0.25, -0.2) is 0 Å². The van der Waals surface area contributed by atoms with E-state index in [1.54, 1.807) is 0 Å². The van der Waals surface area contributed by atoms with Crippen LogP contribution < -0.4 is 0 Å². The average Bonchev–Trinajstić information content (AvgIpc) is 3.00. The predicted octanol–water partition coefficient (Wildman–Crippen LogP) is 3.01. The van der Waals surface area contributed by atoms with E-state index in [-0.39, 0.29) is 5.60 Å². The molecule has 2 aliphatic carbocycles. The van der Waals surface area contributed by atoms with E-state index in [0.29, 0.717) is 30.8 Å². The van der Waals surface area contributed by atoms with Crippen molar-refractivity contribution in [2.24, 2.45) is 0 Å². The molecule has 1 heterocycles. The Balaban J connectivity index is 1.40. The summed E-state index contributed by atoms with van der Waals surface area (Å²) in [6.07, 6.45) is 11.4. The summed E-state index contributed by atoms with van der Waals surface area (Å²) in [6.45, 7) is 0.737. The third-order valence-electron chi connectivity index (χ3n) is 4.86. The molecule has 3 fully saturated rings. The topological polar surface area (TPSA) is 35.5 Å². The van der Waals surface area contributed by atoms with Crippen molar-refractivity contribution in [1.29, 1.82) is 0 Å². The molecule has 0 aromatic heterocycles. The van der Waals surface area contributed by atoms with Gasteiger partial charge < -0.3 is 9.47 Å². The SMILES string of the molecule is O=C1CCC(OCC2CCC3(CCCC3)O2)CC1. The molecule has 1 aliphatic heterocycles. The number of rotatable bonds is 3. The van der Waals surface area contributed by atoms with Crippen molar-refractivity contribution in [3.05, 3.63) is 0 Å². The van der Waals surface area contributed by atoms with Gasteiger partial charge >= 0.3 is 0 Å². The van der Waals surface area contributed by atoms with Gasteiger partial charge in [-0.15, -0.1) is 0 Å². The minimum Gasteiger partial charge on any atom is -0.376 e. The quantitative estimate of drug-likeness (QED) is 0.774. The number of ketones is 1. The van der Waals surface area contributed by atoms with Crippen LogP contribution in [0.2, 0.25) is 0 Å². The Labute approximate surface area is 109 Å². The first-order valence-corrected chi connectivity index (χ1v) is 7.57. The highest BCUT2D eigenvalue weighted by Gasteiger charge is 2.42. The molecule has 3 nitrogen and oxygen atoms in total. The molecule has 18 heavy (non-hydrogen) atoms. The molecule has 1 saturated heterocycles. The van der Waals surface area contributed by atoms with E-state index in [9.17, 15) is 4.79 Å². The van der Waals surface area contributed by atoms with E-state index in [1.807, 2.05) is 0 Å². The maximum Gasteiger partial charge on any atom is 0.133 e. The predicted molar refractivity (Wildman–Crippen MR) is 68.5 cm³/mol. The minimum atomic E-state index is 0.219. The molecular formula is C15H24O3. The zero-order valence-corrected chi connectivity index (χ0v) is 11.2. The Morgan fingerprint density at radius 1 is 1.11 bits per heavy atom.